The van der Waals surface area contributed by atoms with Gasteiger partial charge in [-0.25, -0.2) is 0 Å². The molecule has 0 bridgehead atoms. The van der Waals surface area contributed by atoms with E-state index in [4.69, 9.17) is 0 Å². The maximum absolute atomic E-state index is 3.24. The van der Waals surface area contributed by atoms with E-state index in [0.717, 1.165) is 6.54 Å². The summed E-state index contributed by atoms with van der Waals surface area (Å²) in [6, 6.07) is 0. The molecule has 1 radical (unpaired) electrons. The lowest BCUT2D eigenvalue weighted by molar-refractivity contribution is 0.316. The molecule has 0 aromatic carbocycles. The molecule has 0 unspecified atom stereocenters. The largest absolute Gasteiger partial charge is 0.359 e. The maximum Gasteiger partial charge on any atom is 0.206 e. The second-order valence-electron chi connectivity index (χ2n) is 2.38. The summed E-state index contributed by atoms with van der Waals surface area (Å²) >= 11 is 0. The van der Waals surface area contributed by atoms with Gasteiger partial charge in [0.1, 0.15) is 0 Å². The first-order chi connectivity index (χ1) is 4.43. The fraction of sp³-hybridized carbons (Fsp3) is 1.00. The highest BCUT2D eigenvalue weighted by molar-refractivity contribution is 6.32. The molecule has 1 aliphatic heterocycles. The molecule has 0 spiro atoms. The van der Waals surface area contributed by atoms with Crippen molar-refractivity contribution in [3.8, 4) is 0 Å². The van der Waals surface area contributed by atoms with Gasteiger partial charge in [-0.3, -0.25) is 0 Å². The van der Waals surface area contributed by atoms with Crippen LogP contribution in [0.5, 0.6) is 0 Å². The van der Waals surface area contributed by atoms with Crippen LogP contribution in [0.25, 0.3) is 0 Å². The lowest BCUT2D eigenvalue weighted by atomic mass is 9.90. The van der Waals surface area contributed by atoms with E-state index in [1.165, 1.54) is 26.0 Å². The third kappa shape index (κ3) is 2.37. The predicted molar refractivity (Wildman–Crippen MR) is 40.7 cm³/mol. The van der Waals surface area contributed by atoms with Crippen LogP contribution in [-0.4, -0.2) is 38.5 Å². The van der Waals surface area contributed by atoms with Gasteiger partial charge >= 0.3 is 0 Å². The van der Waals surface area contributed by atoms with E-state index in [1.807, 2.05) is 0 Å². The second-order valence-corrected chi connectivity index (χ2v) is 2.38. The summed E-state index contributed by atoms with van der Waals surface area (Å²) in [7, 11) is 2.16. The first-order valence-electron chi connectivity index (χ1n) is 3.71. The first-order valence-corrected chi connectivity index (χ1v) is 3.71. The minimum atomic E-state index is 1.12. The minimum Gasteiger partial charge on any atom is -0.359 e. The summed E-state index contributed by atoms with van der Waals surface area (Å²) in [6.45, 7) is 6.95. The summed E-state index contributed by atoms with van der Waals surface area (Å²) in [5, 5.41) is 3.24. The van der Waals surface area contributed by atoms with E-state index >= 15 is 0 Å². The third-order valence-corrected chi connectivity index (χ3v) is 1.75. The molecular formula is C6H14BN2. The highest BCUT2D eigenvalue weighted by Gasteiger charge is 2.05. The molecular weight excluding hydrogens is 111 g/mol. The molecule has 1 aliphatic rings. The van der Waals surface area contributed by atoms with Gasteiger partial charge in [0.15, 0.2) is 0 Å². The summed E-state index contributed by atoms with van der Waals surface area (Å²) in [6.07, 6.45) is 1.19. The summed E-state index contributed by atoms with van der Waals surface area (Å²) in [5.74, 6) is 0. The van der Waals surface area contributed by atoms with Crippen LogP contribution >= 0.6 is 0 Å². The van der Waals surface area contributed by atoms with Crippen molar-refractivity contribution in [3.05, 3.63) is 0 Å². The molecule has 2 nitrogen and oxygen atoms in total. The van der Waals surface area contributed by atoms with Crippen LogP contribution in [0.3, 0.4) is 0 Å². The normalized spacial score (nSPS) is 22.8. The molecule has 0 aromatic heterocycles. The van der Waals surface area contributed by atoms with E-state index in [-0.39, 0.29) is 0 Å². The topological polar surface area (TPSA) is 15.3 Å². The molecule has 0 aliphatic carbocycles. The summed E-state index contributed by atoms with van der Waals surface area (Å²) < 4.78 is 0. The molecule has 0 saturated carbocycles. The van der Waals surface area contributed by atoms with Gasteiger partial charge in [-0.1, -0.05) is 13.2 Å². The van der Waals surface area contributed by atoms with Gasteiger partial charge in [-0.15, -0.1) is 0 Å². The average Bonchev–Trinajstić information content (AvgIpc) is 2.13. The van der Waals surface area contributed by atoms with E-state index in [2.05, 4.69) is 24.5 Å². The predicted octanol–water partition coefficient (Wildman–Crippen LogP) is -0.0510. The SMILES string of the molecule is CCN1CC[B]NCC1. The van der Waals surface area contributed by atoms with Gasteiger partial charge in [0.25, 0.3) is 0 Å². The van der Waals surface area contributed by atoms with Crippen molar-refractivity contribution in [2.75, 3.05) is 26.2 Å². The molecule has 9 heavy (non-hydrogen) atoms. The van der Waals surface area contributed by atoms with Crippen molar-refractivity contribution in [3.63, 3.8) is 0 Å². The van der Waals surface area contributed by atoms with Crippen molar-refractivity contribution in [1.82, 2.24) is 10.1 Å². The molecule has 1 N–H and O–H groups in total. The smallest absolute Gasteiger partial charge is 0.206 e. The maximum atomic E-state index is 3.24. The Hall–Kier alpha value is -0.0151. The van der Waals surface area contributed by atoms with Gasteiger partial charge in [0.2, 0.25) is 7.41 Å². The van der Waals surface area contributed by atoms with Crippen molar-refractivity contribution in [2.45, 2.75) is 13.2 Å². The van der Waals surface area contributed by atoms with Crippen LogP contribution in [0.2, 0.25) is 6.32 Å². The van der Waals surface area contributed by atoms with Crippen LogP contribution in [0.4, 0.5) is 0 Å². The van der Waals surface area contributed by atoms with Gasteiger partial charge in [-0.2, -0.15) is 0 Å². The molecule has 0 aromatic rings. The Morgan fingerprint density at radius 2 is 2.44 bits per heavy atom. The van der Waals surface area contributed by atoms with Crippen LogP contribution in [0.1, 0.15) is 6.92 Å². The molecule has 1 fully saturated rings. The van der Waals surface area contributed by atoms with Gasteiger partial charge < -0.3 is 10.1 Å². The first kappa shape index (κ1) is 7.10. The zero-order valence-electron chi connectivity index (χ0n) is 6.06. The Bertz CT molecular complexity index is 69.5. The average molecular weight is 125 g/mol. The Morgan fingerprint density at radius 3 is 3.22 bits per heavy atom. The summed E-state index contributed by atoms with van der Waals surface area (Å²) in [4.78, 5) is 2.45. The Morgan fingerprint density at radius 1 is 1.56 bits per heavy atom. The molecule has 1 saturated heterocycles. The van der Waals surface area contributed by atoms with Crippen molar-refractivity contribution >= 4 is 7.41 Å². The minimum absolute atomic E-state index is 1.12. The fourth-order valence-corrected chi connectivity index (χ4v) is 1.10. The van der Waals surface area contributed by atoms with Crippen LogP contribution < -0.4 is 5.23 Å². The van der Waals surface area contributed by atoms with Crippen molar-refractivity contribution in [1.29, 1.82) is 0 Å². The number of likely N-dealkylation sites (N-methyl/N-ethyl adjacent to an activating group) is 1. The zero-order valence-corrected chi connectivity index (χ0v) is 6.06. The van der Waals surface area contributed by atoms with Crippen molar-refractivity contribution < 1.29 is 0 Å². The number of rotatable bonds is 1. The van der Waals surface area contributed by atoms with Gasteiger partial charge in [-0.05, 0) is 19.6 Å². The van der Waals surface area contributed by atoms with Crippen LogP contribution in [0, 0.1) is 0 Å². The van der Waals surface area contributed by atoms with Gasteiger partial charge in [0, 0.05) is 6.54 Å². The van der Waals surface area contributed by atoms with E-state index < -0.39 is 0 Å². The van der Waals surface area contributed by atoms with E-state index in [9.17, 15) is 0 Å². The lowest BCUT2D eigenvalue weighted by Gasteiger charge is -2.15. The Balaban J connectivity index is 2.18. The monoisotopic (exact) mass is 125 g/mol. The summed E-state index contributed by atoms with van der Waals surface area (Å²) in [5.41, 5.74) is 0. The standard InChI is InChI=1S/C6H14BN2/c1-2-9-5-3-7-8-4-6-9/h8H,2-6H2,1H3. The van der Waals surface area contributed by atoms with Crippen LogP contribution in [0.15, 0.2) is 0 Å². The quantitative estimate of drug-likeness (QED) is 0.494. The number of nitrogens with one attached hydrogen (secondary N) is 1. The Labute approximate surface area is 57.9 Å². The highest BCUT2D eigenvalue weighted by Crippen LogP contribution is 1.92. The zero-order chi connectivity index (χ0) is 6.53. The fourth-order valence-electron chi connectivity index (χ4n) is 1.10. The Kier molecular flexibility index (Phi) is 3.08. The third-order valence-electron chi connectivity index (χ3n) is 1.75. The number of hydrogen-bond donors (Lipinski definition) is 1. The molecule has 3 heteroatoms. The number of hydrogen-bond acceptors (Lipinski definition) is 2. The van der Waals surface area contributed by atoms with E-state index in [0.29, 0.717) is 0 Å². The molecule has 0 amide bonds. The second kappa shape index (κ2) is 3.91. The molecule has 0 atom stereocenters. The van der Waals surface area contributed by atoms with Gasteiger partial charge in [0.05, 0.1) is 0 Å². The van der Waals surface area contributed by atoms with Crippen LogP contribution in [-0.2, 0) is 0 Å². The van der Waals surface area contributed by atoms with E-state index in [1.54, 1.807) is 0 Å². The van der Waals surface area contributed by atoms with Crippen molar-refractivity contribution in [2.24, 2.45) is 0 Å². The number of nitrogens with zero attached hydrogens (tertiary/aromatic N) is 1. The molecule has 1 heterocycles. The lowest BCUT2D eigenvalue weighted by Crippen LogP contribution is -2.27. The molecule has 1 rings (SSSR count). The molecule has 51 valence electrons. The highest BCUT2D eigenvalue weighted by atomic mass is 15.1.